The van der Waals surface area contributed by atoms with Crippen molar-refractivity contribution in [1.82, 2.24) is 15.2 Å². The van der Waals surface area contributed by atoms with Crippen LogP contribution < -0.4 is 5.32 Å². The third-order valence-corrected chi connectivity index (χ3v) is 5.86. The standard InChI is InChI=1S/C25H33N3O4/c1-15(2)32-25(31)21-17(4)22(27-18(21)5)24(30)28-12-6-7-20(14-28)23(29)26-13-19-10-8-16(3)9-11-19/h8-11,15,20,27H,6-7,12-14H2,1-5H3,(H,26,29). The van der Waals surface area contributed by atoms with E-state index in [1.165, 1.54) is 5.56 Å². The van der Waals surface area contributed by atoms with E-state index in [9.17, 15) is 14.4 Å². The Hall–Kier alpha value is -3.09. The normalized spacial score (nSPS) is 16.2. The van der Waals surface area contributed by atoms with Crippen LogP contribution in [0.5, 0.6) is 0 Å². The van der Waals surface area contributed by atoms with Crippen LogP contribution in [-0.2, 0) is 16.1 Å². The molecule has 3 rings (SSSR count). The van der Waals surface area contributed by atoms with Crippen molar-refractivity contribution in [1.29, 1.82) is 0 Å². The van der Waals surface area contributed by atoms with E-state index in [1.807, 2.05) is 31.2 Å². The summed E-state index contributed by atoms with van der Waals surface area (Å²) in [6.45, 7) is 10.5. The first-order valence-electron chi connectivity index (χ1n) is 11.2. The van der Waals surface area contributed by atoms with Crippen LogP contribution in [0.25, 0.3) is 0 Å². The number of carbonyl (C=O) groups excluding carboxylic acids is 3. The minimum absolute atomic E-state index is 0.0383. The first-order valence-corrected chi connectivity index (χ1v) is 11.2. The molecule has 0 bridgehead atoms. The number of aromatic nitrogens is 1. The Bertz CT molecular complexity index is 991. The van der Waals surface area contributed by atoms with Crippen LogP contribution in [0.3, 0.4) is 0 Å². The number of ether oxygens (including phenoxy) is 1. The van der Waals surface area contributed by atoms with Gasteiger partial charge >= 0.3 is 5.97 Å². The van der Waals surface area contributed by atoms with E-state index in [0.29, 0.717) is 42.1 Å². The molecule has 0 saturated carbocycles. The molecule has 172 valence electrons. The number of amides is 2. The van der Waals surface area contributed by atoms with Gasteiger partial charge in [-0.15, -0.1) is 0 Å². The van der Waals surface area contributed by atoms with Gasteiger partial charge in [0.2, 0.25) is 5.91 Å². The molecule has 0 spiro atoms. The number of piperidine rings is 1. The van der Waals surface area contributed by atoms with Crippen LogP contribution in [0, 0.1) is 26.7 Å². The van der Waals surface area contributed by atoms with Gasteiger partial charge in [0.25, 0.3) is 5.91 Å². The number of nitrogens with one attached hydrogen (secondary N) is 2. The summed E-state index contributed by atoms with van der Waals surface area (Å²) in [5.41, 5.74) is 4.22. The molecule has 1 atom stereocenters. The zero-order chi connectivity index (χ0) is 23.4. The number of benzene rings is 1. The van der Waals surface area contributed by atoms with Crippen molar-refractivity contribution >= 4 is 17.8 Å². The highest BCUT2D eigenvalue weighted by Gasteiger charge is 2.31. The van der Waals surface area contributed by atoms with Gasteiger partial charge in [-0.25, -0.2) is 4.79 Å². The van der Waals surface area contributed by atoms with Gasteiger partial charge in [-0.1, -0.05) is 29.8 Å². The van der Waals surface area contributed by atoms with Crippen molar-refractivity contribution in [3.63, 3.8) is 0 Å². The van der Waals surface area contributed by atoms with Gasteiger partial charge in [-0.2, -0.15) is 0 Å². The number of esters is 1. The molecular formula is C25H33N3O4. The Morgan fingerprint density at radius 3 is 2.50 bits per heavy atom. The fourth-order valence-electron chi connectivity index (χ4n) is 4.12. The van der Waals surface area contributed by atoms with Crippen molar-refractivity contribution in [3.05, 3.63) is 57.9 Å². The molecule has 2 aromatic rings. The maximum absolute atomic E-state index is 13.2. The van der Waals surface area contributed by atoms with Crippen LogP contribution in [-0.4, -0.2) is 46.9 Å². The zero-order valence-corrected chi connectivity index (χ0v) is 19.6. The summed E-state index contributed by atoms with van der Waals surface area (Å²) in [4.78, 5) is 43.2. The van der Waals surface area contributed by atoms with Crippen LogP contribution >= 0.6 is 0 Å². The quantitative estimate of drug-likeness (QED) is 0.672. The fourth-order valence-corrected chi connectivity index (χ4v) is 4.12. The van der Waals surface area contributed by atoms with E-state index in [1.54, 1.807) is 32.6 Å². The van der Waals surface area contributed by atoms with Gasteiger partial charge in [0.1, 0.15) is 5.69 Å². The number of hydrogen-bond acceptors (Lipinski definition) is 4. The molecule has 2 N–H and O–H groups in total. The highest BCUT2D eigenvalue weighted by molar-refractivity contribution is 6.00. The molecule has 2 amide bonds. The van der Waals surface area contributed by atoms with Gasteiger partial charge in [-0.3, -0.25) is 9.59 Å². The SMILES string of the molecule is Cc1ccc(CNC(=O)C2CCCN(C(=O)c3[nH]c(C)c(C(=O)OC(C)C)c3C)C2)cc1. The second-order valence-corrected chi connectivity index (χ2v) is 8.87. The van der Waals surface area contributed by atoms with Crippen LogP contribution in [0.15, 0.2) is 24.3 Å². The summed E-state index contributed by atoms with van der Waals surface area (Å²) in [7, 11) is 0. The number of H-pyrrole nitrogens is 1. The van der Waals surface area contributed by atoms with Crippen molar-refractivity contribution in [3.8, 4) is 0 Å². The van der Waals surface area contributed by atoms with Crippen LogP contribution in [0.1, 0.15) is 69.9 Å². The molecule has 1 aliphatic rings. The average molecular weight is 440 g/mol. The maximum Gasteiger partial charge on any atom is 0.340 e. The van der Waals surface area contributed by atoms with Crippen molar-refractivity contribution in [2.24, 2.45) is 5.92 Å². The molecule has 7 nitrogen and oxygen atoms in total. The number of hydrogen-bond donors (Lipinski definition) is 2. The molecule has 1 saturated heterocycles. The molecule has 7 heteroatoms. The molecule has 2 heterocycles. The number of nitrogens with zero attached hydrogens (tertiary/aromatic N) is 1. The monoisotopic (exact) mass is 439 g/mol. The van der Waals surface area contributed by atoms with E-state index in [4.69, 9.17) is 4.74 Å². The Morgan fingerprint density at radius 2 is 1.84 bits per heavy atom. The zero-order valence-electron chi connectivity index (χ0n) is 19.6. The second kappa shape index (κ2) is 10.0. The highest BCUT2D eigenvalue weighted by atomic mass is 16.5. The van der Waals surface area contributed by atoms with Crippen molar-refractivity contribution in [2.45, 2.75) is 60.1 Å². The Morgan fingerprint density at radius 1 is 1.16 bits per heavy atom. The van der Waals surface area contributed by atoms with Gasteiger partial charge < -0.3 is 19.9 Å². The molecular weight excluding hydrogens is 406 g/mol. The highest BCUT2D eigenvalue weighted by Crippen LogP contribution is 2.24. The number of carbonyl (C=O) groups is 3. The molecule has 32 heavy (non-hydrogen) atoms. The largest absolute Gasteiger partial charge is 0.459 e. The molecule has 1 aromatic heterocycles. The molecule has 1 unspecified atom stereocenters. The third kappa shape index (κ3) is 5.39. The number of rotatable bonds is 6. The lowest BCUT2D eigenvalue weighted by molar-refractivity contribution is -0.126. The predicted octanol–water partition coefficient (Wildman–Crippen LogP) is 3.67. The minimum Gasteiger partial charge on any atom is -0.459 e. The van der Waals surface area contributed by atoms with E-state index in [0.717, 1.165) is 18.4 Å². The summed E-state index contributed by atoms with van der Waals surface area (Å²) in [5.74, 6) is -0.911. The summed E-state index contributed by atoms with van der Waals surface area (Å²) in [6.07, 6.45) is 1.27. The van der Waals surface area contributed by atoms with E-state index in [-0.39, 0.29) is 23.8 Å². The Kier molecular flexibility index (Phi) is 7.38. The van der Waals surface area contributed by atoms with Crippen LogP contribution in [0.2, 0.25) is 0 Å². The Balaban J connectivity index is 1.65. The number of likely N-dealkylation sites (tertiary alicyclic amines) is 1. The first-order chi connectivity index (χ1) is 15.2. The maximum atomic E-state index is 13.2. The third-order valence-electron chi connectivity index (χ3n) is 5.86. The van der Waals surface area contributed by atoms with Gasteiger partial charge in [0, 0.05) is 25.3 Å². The van der Waals surface area contributed by atoms with Gasteiger partial charge in [-0.05, 0) is 58.6 Å². The smallest absolute Gasteiger partial charge is 0.340 e. The lowest BCUT2D eigenvalue weighted by Crippen LogP contribution is -2.45. The van der Waals surface area contributed by atoms with Gasteiger partial charge in [0.15, 0.2) is 0 Å². The Labute approximate surface area is 189 Å². The van der Waals surface area contributed by atoms with Crippen molar-refractivity contribution in [2.75, 3.05) is 13.1 Å². The molecule has 1 fully saturated rings. The predicted molar refractivity (Wildman–Crippen MR) is 122 cm³/mol. The topological polar surface area (TPSA) is 91.5 Å². The summed E-state index contributed by atoms with van der Waals surface area (Å²) >= 11 is 0. The molecule has 0 aliphatic carbocycles. The summed E-state index contributed by atoms with van der Waals surface area (Å²) in [5, 5.41) is 3.00. The molecule has 1 aliphatic heterocycles. The van der Waals surface area contributed by atoms with E-state index >= 15 is 0 Å². The number of aromatic amines is 1. The molecule has 1 aromatic carbocycles. The first kappa shape index (κ1) is 23.6. The van der Waals surface area contributed by atoms with Crippen LogP contribution in [0.4, 0.5) is 0 Å². The second-order valence-electron chi connectivity index (χ2n) is 8.87. The van der Waals surface area contributed by atoms with Gasteiger partial charge in [0.05, 0.1) is 17.6 Å². The van der Waals surface area contributed by atoms with E-state index < -0.39 is 5.97 Å². The summed E-state index contributed by atoms with van der Waals surface area (Å²) in [6, 6.07) is 8.05. The lowest BCUT2D eigenvalue weighted by Gasteiger charge is -2.32. The minimum atomic E-state index is -0.433. The average Bonchev–Trinajstić information content (AvgIpc) is 3.06. The fraction of sp³-hybridized carbons (Fsp3) is 0.480. The molecule has 0 radical (unpaired) electrons. The van der Waals surface area contributed by atoms with E-state index in [2.05, 4.69) is 10.3 Å². The summed E-state index contributed by atoms with van der Waals surface area (Å²) < 4.78 is 5.32. The number of aryl methyl sites for hydroxylation is 2. The lowest BCUT2D eigenvalue weighted by atomic mass is 9.96. The van der Waals surface area contributed by atoms with Crippen molar-refractivity contribution < 1.29 is 19.1 Å².